The first kappa shape index (κ1) is 39.9. The van der Waals surface area contributed by atoms with Crippen LogP contribution in [0.2, 0.25) is 0 Å². The maximum absolute atomic E-state index is 12.9. The summed E-state index contributed by atoms with van der Waals surface area (Å²) in [4.78, 5) is 96.6. The number of esters is 5. The molecule has 1 amide bonds. The molecule has 0 spiro atoms. The van der Waals surface area contributed by atoms with Crippen molar-refractivity contribution in [2.75, 3.05) is 35.5 Å². The van der Waals surface area contributed by atoms with E-state index in [1.807, 2.05) is 0 Å². The fraction of sp³-hybridized carbons (Fsp3) is 0.472. The van der Waals surface area contributed by atoms with Crippen molar-refractivity contribution in [3.63, 3.8) is 0 Å². The van der Waals surface area contributed by atoms with Gasteiger partial charge in [-0.2, -0.15) is 0 Å². The molecule has 0 aliphatic carbocycles. The second-order valence-corrected chi connectivity index (χ2v) is 12.4. The second-order valence-electron chi connectivity index (χ2n) is 12.4. The smallest absolute Gasteiger partial charge is 0.352 e. The summed E-state index contributed by atoms with van der Waals surface area (Å²) in [6.07, 6.45) is -0.0181. The number of carboxylic acids is 1. The lowest BCUT2D eigenvalue weighted by Crippen LogP contribution is -2.30. The summed E-state index contributed by atoms with van der Waals surface area (Å²) < 4.78 is 24.5. The van der Waals surface area contributed by atoms with E-state index in [1.165, 1.54) is 35.5 Å². The summed E-state index contributed by atoms with van der Waals surface area (Å²) >= 11 is 0. The van der Waals surface area contributed by atoms with Gasteiger partial charge in [0.25, 0.3) is 0 Å². The van der Waals surface area contributed by atoms with E-state index < -0.39 is 35.8 Å². The van der Waals surface area contributed by atoms with Crippen molar-refractivity contribution >= 4 is 41.7 Å². The lowest BCUT2D eigenvalue weighted by atomic mass is 9.94. The molecule has 0 fully saturated rings. The number of amides is 1. The highest BCUT2D eigenvalue weighted by Gasteiger charge is 2.29. The van der Waals surface area contributed by atoms with E-state index in [0.717, 1.165) is 16.8 Å². The molecule has 4 rings (SSSR count). The minimum absolute atomic E-state index is 0.00957. The van der Waals surface area contributed by atoms with Gasteiger partial charge in [-0.15, -0.1) is 0 Å². The summed E-state index contributed by atoms with van der Waals surface area (Å²) in [5.74, 6) is -4.19. The van der Waals surface area contributed by atoms with Crippen LogP contribution < -0.4 is 5.32 Å². The average molecular weight is 741 g/mol. The molecule has 1 aliphatic heterocycles. The lowest BCUT2D eigenvalue weighted by Gasteiger charge is -2.14. The van der Waals surface area contributed by atoms with Gasteiger partial charge in [0.2, 0.25) is 5.91 Å². The molecule has 0 unspecified atom stereocenters. The van der Waals surface area contributed by atoms with E-state index >= 15 is 0 Å². The molecule has 0 saturated heterocycles. The normalized spacial score (nSPS) is 12.1. The number of aromatic carboxylic acids is 1. The first-order chi connectivity index (χ1) is 25.3. The largest absolute Gasteiger partial charge is 0.477 e. The Morgan fingerprint density at radius 3 is 1.51 bits per heavy atom. The third-order valence-electron chi connectivity index (χ3n) is 9.33. The maximum Gasteiger partial charge on any atom is 0.352 e. The van der Waals surface area contributed by atoms with Gasteiger partial charge in [0.15, 0.2) is 0 Å². The quantitative estimate of drug-likeness (QED) is 0.0918. The number of nitrogens with one attached hydrogen (secondary N) is 4. The molecule has 0 aromatic carbocycles. The van der Waals surface area contributed by atoms with E-state index in [-0.39, 0.29) is 94.3 Å². The van der Waals surface area contributed by atoms with Gasteiger partial charge in [-0.05, 0) is 52.6 Å². The fourth-order valence-electron chi connectivity index (χ4n) is 6.67. The van der Waals surface area contributed by atoms with Gasteiger partial charge in [-0.3, -0.25) is 28.8 Å². The van der Waals surface area contributed by atoms with Crippen molar-refractivity contribution in [3.05, 3.63) is 67.5 Å². The van der Waals surface area contributed by atoms with E-state index in [0.29, 0.717) is 39.5 Å². The second kappa shape index (κ2) is 18.1. The number of H-pyrrole nitrogens is 3. The standard InChI is InChI=1S/C36H44N4O13/c1-49-30(42)9-6-18-21-12-29(41)37-17-28(21)39-25(18)15-26-22(13-33(45)52-4)19(7-10-31(43)50-2)24(38-26)16-27-23(14-34(46)53-5)20(8-11-32(44)51-3)35(40-27)36(47)48/h38-40H,6-17H2,1-5H3,(H,37,41)(H,47,48). The van der Waals surface area contributed by atoms with Gasteiger partial charge in [0.05, 0.1) is 61.4 Å². The summed E-state index contributed by atoms with van der Waals surface area (Å²) in [6.45, 7) is 0.259. The molecule has 3 aromatic rings. The Morgan fingerprint density at radius 1 is 0.566 bits per heavy atom. The monoisotopic (exact) mass is 740 g/mol. The molecule has 0 bridgehead atoms. The first-order valence-electron chi connectivity index (χ1n) is 16.8. The number of hydrogen-bond donors (Lipinski definition) is 5. The van der Waals surface area contributed by atoms with Gasteiger partial charge in [-0.25, -0.2) is 4.79 Å². The van der Waals surface area contributed by atoms with Crippen molar-refractivity contribution < 1.29 is 62.4 Å². The number of ether oxygens (including phenoxy) is 5. The molecule has 17 heteroatoms. The number of carboxylic acid groups (broad SMARTS) is 1. The fourth-order valence-corrected chi connectivity index (χ4v) is 6.67. The van der Waals surface area contributed by atoms with E-state index in [4.69, 9.17) is 23.7 Å². The summed E-state index contributed by atoms with van der Waals surface area (Å²) in [7, 11) is 6.21. The number of hydrogen-bond acceptors (Lipinski definition) is 12. The first-order valence-corrected chi connectivity index (χ1v) is 16.8. The van der Waals surface area contributed by atoms with Crippen molar-refractivity contribution in [2.24, 2.45) is 0 Å². The van der Waals surface area contributed by atoms with Crippen LogP contribution in [0, 0.1) is 0 Å². The minimum atomic E-state index is -1.31. The summed E-state index contributed by atoms with van der Waals surface area (Å²) in [5.41, 5.74) is 5.88. The zero-order valence-corrected chi connectivity index (χ0v) is 30.3. The Morgan fingerprint density at radius 2 is 1.00 bits per heavy atom. The minimum Gasteiger partial charge on any atom is -0.477 e. The molecule has 1 aliphatic rings. The molecule has 3 aromatic heterocycles. The molecule has 5 N–H and O–H groups in total. The topological polar surface area (TPSA) is 245 Å². The number of aromatic amines is 3. The van der Waals surface area contributed by atoms with Crippen LogP contribution in [0.5, 0.6) is 0 Å². The average Bonchev–Trinajstić information content (AvgIpc) is 3.78. The van der Waals surface area contributed by atoms with Crippen molar-refractivity contribution in [1.29, 1.82) is 0 Å². The Bertz CT molecular complexity index is 1900. The van der Waals surface area contributed by atoms with Crippen LogP contribution in [0.15, 0.2) is 0 Å². The third-order valence-corrected chi connectivity index (χ3v) is 9.33. The zero-order chi connectivity index (χ0) is 38.8. The van der Waals surface area contributed by atoms with Gasteiger partial charge in [-0.1, -0.05) is 0 Å². The summed E-state index contributed by atoms with van der Waals surface area (Å²) in [5, 5.41) is 12.9. The van der Waals surface area contributed by atoms with Gasteiger partial charge in [0.1, 0.15) is 5.69 Å². The molecule has 286 valence electrons. The van der Waals surface area contributed by atoms with Gasteiger partial charge >= 0.3 is 35.8 Å². The van der Waals surface area contributed by atoms with E-state index in [9.17, 15) is 38.7 Å². The molecule has 0 radical (unpaired) electrons. The number of carbonyl (C=O) groups is 7. The lowest BCUT2D eigenvalue weighted by molar-refractivity contribution is -0.141. The number of carbonyl (C=O) groups excluding carboxylic acids is 6. The van der Waals surface area contributed by atoms with Crippen molar-refractivity contribution in [3.8, 4) is 0 Å². The molecule has 17 nitrogen and oxygen atoms in total. The molecule has 0 atom stereocenters. The van der Waals surface area contributed by atoms with E-state index in [1.54, 1.807) is 0 Å². The molecular formula is C36H44N4O13. The van der Waals surface area contributed by atoms with Crippen molar-refractivity contribution in [2.45, 2.75) is 77.2 Å². The number of fused-ring (bicyclic) bond motifs is 1. The van der Waals surface area contributed by atoms with Crippen LogP contribution in [0.4, 0.5) is 0 Å². The highest BCUT2D eigenvalue weighted by atomic mass is 16.5. The Hall–Kier alpha value is -5.87. The van der Waals surface area contributed by atoms with Crippen LogP contribution in [0.1, 0.15) is 91.6 Å². The Kier molecular flexibility index (Phi) is 13.6. The van der Waals surface area contributed by atoms with Crippen LogP contribution >= 0.6 is 0 Å². The number of aromatic nitrogens is 3. The Labute approximate surface area is 304 Å². The van der Waals surface area contributed by atoms with Gasteiger partial charge < -0.3 is 49.1 Å². The Balaban J connectivity index is 1.90. The number of rotatable bonds is 18. The van der Waals surface area contributed by atoms with E-state index in [2.05, 4.69) is 20.3 Å². The van der Waals surface area contributed by atoms with Crippen LogP contribution in [0.25, 0.3) is 0 Å². The third kappa shape index (κ3) is 9.72. The molecule has 53 heavy (non-hydrogen) atoms. The highest BCUT2D eigenvalue weighted by Crippen LogP contribution is 2.32. The predicted molar refractivity (Wildman–Crippen MR) is 183 cm³/mol. The van der Waals surface area contributed by atoms with Gasteiger partial charge in [0, 0.05) is 60.6 Å². The maximum atomic E-state index is 12.9. The van der Waals surface area contributed by atoms with Crippen LogP contribution in [-0.2, 0) is 110 Å². The molecule has 4 heterocycles. The number of methoxy groups -OCH3 is 5. The summed E-state index contributed by atoms with van der Waals surface area (Å²) in [6, 6.07) is 0. The van der Waals surface area contributed by atoms with Crippen LogP contribution in [-0.4, -0.2) is 97.3 Å². The SMILES string of the molecule is COC(=O)CCc1c(Cc2[nH]c(Cc3[nH]c(C(=O)O)c(CCC(=O)OC)c3CC(=O)OC)c(CCC(=O)OC)c2CC(=O)OC)[nH]c2c1CC(=O)NC2. The van der Waals surface area contributed by atoms with Crippen molar-refractivity contribution in [1.82, 2.24) is 20.3 Å². The van der Waals surface area contributed by atoms with Crippen LogP contribution in [0.3, 0.4) is 0 Å². The molecular weight excluding hydrogens is 696 g/mol. The molecule has 0 saturated carbocycles. The zero-order valence-electron chi connectivity index (χ0n) is 30.3. The highest BCUT2D eigenvalue weighted by molar-refractivity contribution is 5.89. The predicted octanol–water partition coefficient (Wildman–Crippen LogP) is 1.47.